The van der Waals surface area contributed by atoms with Gasteiger partial charge in [0.2, 0.25) is 0 Å². The van der Waals surface area contributed by atoms with E-state index in [0.29, 0.717) is 0 Å². The topological polar surface area (TPSA) is 44.5 Å². The van der Waals surface area contributed by atoms with Crippen LogP contribution in [0.4, 0.5) is 0 Å². The van der Waals surface area contributed by atoms with Gasteiger partial charge in [0.15, 0.2) is 11.5 Å². The summed E-state index contributed by atoms with van der Waals surface area (Å²) in [7, 11) is 1.67. The van der Waals surface area contributed by atoms with Gasteiger partial charge in [0.25, 0.3) is 0 Å². The Labute approximate surface area is 110 Å². The molecule has 0 radical (unpaired) electrons. The highest BCUT2D eigenvalue weighted by atomic mass is 16.5. The zero-order valence-corrected chi connectivity index (χ0v) is 11.7. The molecule has 3 nitrogen and oxygen atoms in total. The first-order chi connectivity index (χ1) is 8.72. The van der Waals surface area contributed by atoms with Crippen LogP contribution in [0, 0.1) is 0 Å². The van der Waals surface area contributed by atoms with E-state index >= 15 is 0 Å². The van der Waals surface area contributed by atoms with Gasteiger partial charge in [0.1, 0.15) is 0 Å². The van der Waals surface area contributed by atoms with Gasteiger partial charge in [0, 0.05) is 6.04 Å². The van der Waals surface area contributed by atoms with Crippen LogP contribution in [0.15, 0.2) is 18.2 Å². The van der Waals surface area contributed by atoms with Gasteiger partial charge in [-0.05, 0) is 30.9 Å². The maximum absolute atomic E-state index is 6.02. The second kappa shape index (κ2) is 7.98. The molecule has 1 atom stereocenters. The quantitative estimate of drug-likeness (QED) is 0.722. The number of hydrogen-bond acceptors (Lipinski definition) is 3. The molecule has 1 aromatic rings. The first-order valence-corrected chi connectivity index (χ1v) is 6.77. The molecule has 0 spiro atoms. The molecule has 102 valence electrons. The van der Waals surface area contributed by atoms with Crippen LogP contribution in [0.3, 0.4) is 0 Å². The van der Waals surface area contributed by atoms with Crippen LogP contribution in [0.25, 0.3) is 0 Å². The average Bonchev–Trinajstić information content (AvgIpc) is 2.40. The SMILES string of the molecule is CCCCOc1c(CC(N)CC)cccc1OC. The molecule has 0 heterocycles. The van der Waals surface area contributed by atoms with E-state index in [1.807, 2.05) is 12.1 Å². The molecule has 0 fully saturated rings. The molecule has 0 amide bonds. The molecule has 0 aliphatic heterocycles. The van der Waals surface area contributed by atoms with E-state index in [2.05, 4.69) is 19.9 Å². The zero-order chi connectivity index (χ0) is 13.4. The van der Waals surface area contributed by atoms with E-state index in [4.69, 9.17) is 15.2 Å². The number of methoxy groups -OCH3 is 1. The highest BCUT2D eigenvalue weighted by Gasteiger charge is 2.12. The Balaban J connectivity index is 2.85. The molecular formula is C15H25NO2. The van der Waals surface area contributed by atoms with Crippen molar-refractivity contribution in [2.24, 2.45) is 5.73 Å². The summed E-state index contributed by atoms with van der Waals surface area (Å²) in [5.74, 6) is 1.66. The predicted molar refractivity (Wildman–Crippen MR) is 75.4 cm³/mol. The minimum atomic E-state index is 0.172. The summed E-state index contributed by atoms with van der Waals surface area (Å²) >= 11 is 0. The fourth-order valence-corrected chi connectivity index (χ4v) is 1.79. The molecule has 0 aliphatic rings. The third kappa shape index (κ3) is 4.22. The van der Waals surface area contributed by atoms with E-state index < -0.39 is 0 Å². The maximum atomic E-state index is 6.02. The molecule has 18 heavy (non-hydrogen) atoms. The molecule has 3 heteroatoms. The van der Waals surface area contributed by atoms with Crippen molar-refractivity contribution in [3.8, 4) is 11.5 Å². The zero-order valence-electron chi connectivity index (χ0n) is 11.7. The number of nitrogens with two attached hydrogens (primary N) is 1. The monoisotopic (exact) mass is 251 g/mol. The van der Waals surface area contributed by atoms with Crippen LogP contribution in [0.2, 0.25) is 0 Å². The molecule has 0 aromatic heterocycles. The lowest BCUT2D eigenvalue weighted by Gasteiger charge is -2.17. The molecule has 1 rings (SSSR count). The number of benzene rings is 1. The lowest BCUT2D eigenvalue weighted by Crippen LogP contribution is -2.21. The fraction of sp³-hybridized carbons (Fsp3) is 0.600. The van der Waals surface area contributed by atoms with Crippen molar-refractivity contribution in [2.45, 2.75) is 45.6 Å². The van der Waals surface area contributed by atoms with Crippen molar-refractivity contribution in [3.63, 3.8) is 0 Å². The van der Waals surface area contributed by atoms with Gasteiger partial charge in [-0.1, -0.05) is 32.4 Å². The highest BCUT2D eigenvalue weighted by Crippen LogP contribution is 2.32. The second-order valence-electron chi connectivity index (χ2n) is 4.52. The number of unbranched alkanes of at least 4 members (excludes halogenated alkanes) is 1. The van der Waals surface area contributed by atoms with Crippen LogP contribution < -0.4 is 15.2 Å². The third-order valence-electron chi connectivity index (χ3n) is 3.03. The van der Waals surface area contributed by atoms with E-state index in [-0.39, 0.29) is 6.04 Å². The van der Waals surface area contributed by atoms with Crippen molar-refractivity contribution in [2.75, 3.05) is 13.7 Å². The lowest BCUT2D eigenvalue weighted by molar-refractivity contribution is 0.284. The van der Waals surface area contributed by atoms with Crippen LogP contribution in [0.1, 0.15) is 38.7 Å². The fourth-order valence-electron chi connectivity index (χ4n) is 1.79. The van der Waals surface area contributed by atoms with Gasteiger partial charge in [-0.25, -0.2) is 0 Å². The summed E-state index contributed by atoms with van der Waals surface area (Å²) in [6, 6.07) is 6.16. The number of hydrogen-bond donors (Lipinski definition) is 1. The van der Waals surface area contributed by atoms with Crippen LogP contribution in [0.5, 0.6) is 11.5 Å². The lowest BCUT2D eigenvalue weighted by atomic mass is 10.0. The minimum Gasteiger partial charge on any atom is -0.493 e. The molecule has 0 aliphatic carbocycles. The van der Waals surface area contributed by atoms with Crippen molar-refractivity contribution >= 4 is 0 Å². The molecule has 1 unspecified atom stereocenters. The van der Waals surface area contributed by atoms with Gasteiger partial charge in [-0.2, -0.15) is 0 Å². The predicted octanol–water partition coefficient (Wildman–Crippen LogP) is 3.15. The minimum absolute atomic E-state index is 0.172. The Morgan fingerprint density at radius 1 is 1.28 bits per heavy atom. The third-order valence-corrected chi connectivity index (χ3v) is 3.03. The second-order valence-corrected chi connectivity index (χ2v) is 4.52. The Bertz CT molecular complexity index is 352. The average molecular weight is 251 g/mol. The molecular weight excluding hydrogens is 226 g/mol. The standard InChI is InChI=1S/C15H25NO2/c1-4-6-10-18-15-12(11-13(16)5-2)8-7-9-14(15)17-3/h7-9,13H,4-6,10-11,16H2,1-3H3. The highest BCUT2D eigenvalue weighted by molar-refractivity contribution is 5.47. The van der Waals surface area contributed by atoms with Gasteiger partial charge in [-0.3, -0.25) is 0 Å². The van der Waals surface area contributed by atoms with E-state index in [9.17, 15) is 0 Å². The van der Waals surface area contributed by atoms with E-state index in [1.165, 1.54) is 0 Å². The molecule has 1 aromatic carbocycles. The smallest absolute Gasteiger partial charge is 0.164 e. The van der Waals surface area contributed by atoms with E-state index in [0.717, 1.165) is 49.4 Å². The first kappa shape index (κ1) is 14.8. The van der Waals surface area contributed by atoms with Gasteiger partial charge >= 0.3 is 0 Å². The van der Waals surface area contributed by atoms with Gasteiger partial charge in [0.05, 0.1) is 13.7 Å². The van der Waals surface area contributed by atoms with Gasteiger partial charge < -0.3 is 15.2 Å². The van der Waals surface area contributed by atoms with E-state index in [1.54, 1.807) is 7.11 Å². The summed E-state index contributed by atoms with van der Waals surface area (Å²) in [4.78, 5) is 0. The van der Waals surface area contributed by atoms with Gasteiger partial charge in [-0.15, -0.1) is 0 Å². The maximum Gasteiger partial charge on any atom is 0.164 e. The van der Waals surface area contributed by atoms with Crippen molar-refractivity contribution in [1.29, 1.82) is 0 Å². The van der Waals surface area contributed by atoms with Crippen molar-refractivity contribution in [3.05, 3.63) is 23.8 Å². The summed E-state index contributed by atoms with van der Waals surface area (Å²) < 4.78 is 11.2. The molecule has 2 N–H and O–H groups in total. The van der Waals surface area contributed by atoms with Crippen LogP contribution in [-0.4, -0.2) is 19.8 Å². The Hall–Kier alpha value is -1.22. The first-order valence-electron chi connectivity index (χ1n) is 6.77. The summed E-state index contributed by atoms with van der Waals surface area (Å²) in [6.07, 6.45) is 3.97. The number of rotatable bonds is 8. The van der Waals surface area contributed by atoms with Crippen molar-refractivity contribution in [1.82, 2.24) is 0 Å². The Kier molecular flexibility index (Phi) is 6.58. The molecule has 0 saturated carbocycles. The van der Waals surface area contributed by atoms with Crippen molar-refractivity contribution < 1.29 is 9.47 Å². The molecule has 0 bridgehead atoms. The number of ether oxygens (including phenoxy) is 2. The molecule has 0 saturated heterocycles. The summed E-state index contributed by atoms with van der Waals surface area (Å²) in [6.45, 7) is 4.98. The van der Waals surface area contributed by atoms with Crippen LogP contribution >= 0.6 is 0 Å². The number of para-hydroxylation sites is 1. The Morgan fingerprint density at radius 3 is 2.67 bits per heavy atom. The largest absolute Gasteiger partial charge is 0.493 e. The van der Waals surface area contributed by atoms with Crippen LogP contribution in [-0.2, 0) is 6.42 Å². The summed E-state index contributed by atoms with van der Waals surface area (Å²) in [5, 5.41) is 0. The summed E-state index contributed by atoms with van der Waals surface area (Å²) in [5.41, 5.74) is 7.16. The normalized spacial score (nSPS) is 12.2. The Morgan fingerprint density at radius 2 is 2.06 bits per heavy atom.